The summed E-state index contributed by atoms with van der Waals surface area (Å²) in [6.07, 6.45) is -0.488. The number of aromatic nitrogens is 1. The smallest absolute Gasteiger partial charge is 0.412 e. The molecular formula is C10H12Br2N2O2. The number of anilines is 1. The van der Waals surface area contributed by atoms with E-state index in [9.17, 15) is 4.79 Å². The molecule has 6 heteroatoms. The predicted octanol–water partition coefficient (Wildman–Crippen LogP) is 3.95. The van der Waals surface area contributed by atoms with Crippen molar-refractivity contribution in [2.75, 3.05) is 5.32 Å². The summed E-state index contributed by atoms with van der Waals surface area (Å²) in [5, 5.41) is 2.62. The van der Waals surface area contributed by atoms with Gasteiger partial charge in [-0.05, 0) is 64.8 Å². The van der Waals surface area contributed by atoms with E-state index in [2.05, 4.69) is 42.2 Å². The number of hydrogen-bond donors (Lipinski definition) is 1. The molecule has 1 rings (SSSR count). The van der Waals surface area contributed by atoms with Crippen LogP contribution in [0.1, 0.15) is 20.8 Å². The molecule has 0 atom stereocenters. The third-order valence-electron chi connectivity index (χ3n) is 1.41. The molecule has 0 spiro atoms. The number of hydrogen-bond acceptors (Lipinski definition) is 3. The zero-order valence-electron chi connectivity index (χ0n) is 9.17. The molecule has 0 aromatic carbocycles. The number of halogens is 2. The van der Waals surface area contributed by atoms with Gasteiger partial charge in [0.1, 0.15) is 14.8 Å². The molecule has 1 aromatic rings. The number of nitrogens with zero attached hydrogens (tertiary/aromatic N) is 1. The van der Waals surface area contributed by atoms with Crippen LogP contribution in [0, 0.1) is 0 Å². The van der Waals surface area contributed by atoms with E-state index in [-0.39, 0.29) is 0 Å². The Balaban J connectivity index is 2.70. The normalized spacial score (nSPS) is 11.1. The largest absolute Gasteiger partial charge is 0.444 e. The molecule has 0 saturated heterocycles. The molecule has 0 unspecified atom stereocenters. The number of ether oxygens (including phenoxy) is 1. The van der Waals surface area contributed by atoms with Gasteiger partial charge in [0.15, 0.2) is 0 Å². The van der Waals surface area contributed by atoms with E-state index in [1.54, 1.807) is 12.1 Å². The van der Waals surface area contributed by atoms with Crippen molar-refractivity contribution in [3.05, 3.63) is 21.3 Å². The zero-order chi connectivity index (χ0) is 12.3. The number of carbonyl (C=O) groups excluding carboxylic acids is 1. The van der Waals surface area contributed by atoms with Crippen LogP contribution in [0.5, 0.6) is 0 Å². The lowest BCUT2D eigenvalue weighted by Crippen LogP contribution is -2.27. The molecule has 4 nitrogen and oxygen atoms in total. The predicted molar refractivity (Wildman–Crippen MR) is 69.5 cm³/mol. The molecule has 0 saturated carbocycles. The van der Waals surface area contributed by atoms with Crippen molar-refractivity contribution in [3.8, 4) is 0 Å². The fourth-order valence-electron chi connectivity index (χ4n) is 0.959. The van der Waals surface area contributed by atoms with Gasteiger partial charge in [0, 0.05) is 5.69 Å². The molecule has 0 fully saturated rings. The molecule has 0 bridgehead atoms. The lowest BCUT2D eigenvalue weighted by atomic mass is 10.2. The van der Waals surface area contributed by atoms with Crippen molar-refractivity contribution in [2.45, 2.75) is 26.4 Å². The molecule has 0 aliphatic heterocycles. The van der Waals surface area contributed by atoms with Gasteiger partial charge in [-0.1, -0.05) is 0 Å². The number of carbonyl (C=O) groups is 1. The second-order valence-corrected chi connectivity index (χ2v) is 5.75. The summed E-state index contributed by atoms with van der Waals surface area (Å²) >= 11 is 6.46. The summed E-state index contributed by atoms with van der Waals surface area (Å²) < 4.78 is 6.38. The first-order valence-electron chi connectivity index (χ1n) is 4.59. The Kier molecular flexibility index (Phi) is 4.32. The minimum absolute atomic E-state index is 0.488. The van der Waals surface area contributed by atoms with Crippen LogP contribution >= 0.6 is 31.9 Å². The number of nitrogens with one attached hydrogen (secondary N) is 1. The second kappa shape index (κ2) is 5.14. The van der Waals surface area contributed by atoms with Crippen LogP contribution in [0.3, 0.4) is 0 Å². The minimum Gasteiger partial charge on any atom is -0.444 e. The molecule has 88 valence electrons. The fraction of sp³-hybridized carbons (Fsp3) is 0.400. The summed E-state index contributed by atoms with van der Waals surface area (Å²) in [4.78, 5) is 15.5. The maximum absolute atomic E-state index is 11.5. The molecule has 0 aliphatic rings. The van der Waals surface area contributed by atoms with Crippen molar-refractivity contribution in [2.24, 2.45) is 0 Å². The van der Waals surface area contributed by atoms with E-state index >= 15 is 0 Å². The molecule has 0 radical (unpaired) electrons. The monoisotopic (exact) mass is 350 g/mol. The Morgan fingerprint density at radius 1 is 1.31 bits per heavy atom. The van der Waals surface area contributed by atoms with E-state index < -0.39 is 11.7 Å². The molecule has 1 aromatic heterocycles. The van der Waals surface area contributed by atoms with Crippen LogP contribution in [0.4, 0.5) is 10.5 Å². The Morgan fingerprint density at radius 2 is 1.81 bits per heavy atom. The lowest BCUT2D eigenvalue weighted by molar-refractivity contribution is 0.0636. The number of rotatable bonds is 1. The third kappa shape index (κ3) is 4.94. The van der Waals surface area contributed by atoms with E-state index in [4.69, 9.17) is 4.74 Å². The summed E-state index contributed by atoms with van der Waals surface area (Å²) in [6.45, 7) is 5.43. The highest BCUT2D eigenvalue weighted by Gasteiger charge is 2.16. The van der Waals surface area contributed by atoms with E-state index in [1.807, 2.05) is 20.8 Å². The molecule has 1 heterocycles. The average molecular weight is 352 g/mol. The van der Waals surface area contributed by atoms with Gasteiger partial charge in [0.05, 0.1) is 0 Å². The SMILES string of the molecule is CC(C)(C)OC(=O)Nc1cc(Br)nc(Br)c1. The van der Waals surface area contributed by atoms with Crippen molar-refractivity contribution in [1.82, 2.24) is 4.98 Å². The fourth-order valence-corrected chi connectivity index (χ4v) is 2.07. The highest BCUT2D eigenvalue weighted by atomic mass is 79.9. The van der Waals surface area contributed by atoms with Gasteiger partial charge in [-0.25, -0.2) is 9.78 Å². The maximum Gasteiger partial charge on any atom is 0.412 e. The van der Waals surface area contributed by atoms with Gasteiger partial charge in [-0.15, -0.1) is 0 Å². The standard InChI is InChI=1S/C10H12Br2N2O2/c1-10(2,3)16-9(15)13-6-4-7(11)14-8(12)5-6/h4-5H,1-3H3,(H,13,14,15). The van der Waals surface area contributed by atoms with Gasteiger partial charge >= 0.3 is 6.09 Å². The van der Waals surface area contributed by atoms with Crippen molar-refractivity contribution in [1.29, 1.82) is 0 Å². The lowest BCUT2D eigenvalue weighted by Gasteiger charge is -2.19. The second-order valence-electron chi connectivity index (χ2n) is 4.13. The van der Waals surface area contributed by atoms with Gasteiger partial charge in [0.25, 0.3) is 0 Å². The third-order valence-corrected chi connectivity index (χ3v) is 2.22. The molecule has 16 heavy (non-hydrogen) atoms. The summed E-state index contributed by atoms with van der Waals surface area (Å²) in [7, 11) is 0. The quantitative estimate of drug-likeness (QED) is 0.779. The first-order chi connectivity index (χ1) is 7.26. The van der Waals surface area contributed by atoms with E-state index in [1.165, 1.54) is 0 Å². The minimum atomic E-state index is -0.508. The molecule has 1 N–H and O–H groups in total. The van der Waals surface area contributed by atoms with Crippen LogP contribution in [0.25, 0.3) is 0 Å². The highest BCUT2D eigenvalue weighted by Crippen LogP contribution is 2.20. The van der Waals surface area contributed by atoms with Gasteiger partial charge in [-0.3, -0.25) is 5.32 Å². The van der Waals surface area contributed by atoms with Gasteiger partial charge < -0.3 is 4.74 Å². The van der Waals surface area contributed by atoms with E-state index in [0.717, 1.165) is 0 Å². The number of amides is 1. The zero-order valence-corrected chi connectivity index (χ0v) is 12.3. The van der Waals surface area contributed by atoms with Crippen LogP contribution in [0.15, 0.2) is 21.3 Å². The first kappa shape index (κ1) is 13.4. The topological polar surface area (TPSA) is 51.2 Å². The Hall–Kier alpha value is -0.620. The number of pyridine rings is 1. The van der Waals surface area contributed by atoms with Crippen molar-refractivity contribution in [3.63, 3.8) is 0 Å². The van der Waals surface area contributed by atoms with Crippen LogP contribution in [-0.2, 0) is 4.74 Å². The van der Waals surface area contributed by atoms with Crippen LogP contribution in [0.2, 0.25) is 0 Å². The van der Waals surface area contributed by atoms with Crippen molar-refractivity contribution < 1.29 is 9.53 Å². The first-order valence-corrected chi connectivity index (χ1v) is 6.18. The molecule has 0 aliphatic carbocycles. The van der Waals surface area contributed by atoms with Gasteiger partial charge in [0.2, 0.25) is 0 Å². The molecular weight excluding hydrogens is 340 g/mol. The highest BCUT2D eigenvalue weighted by molar-refractivity contribution is 9.11. The Labute approximate surface area is 111 Å². The van der Waals surface area contributed by atoms with Gasteiger partial charge in [-0.2, -0.15) is 0 Å². The molecule has 1 amide bonds. The summed E-state index contributed by atoms with van der Waals surface area (Å²) in [6, 6.07) is 3.38. The summed E-state index contributed by atoms with van der Waals surface area (Å²) in [5.41, 5.74) is 0.106. The Bertz CT molecular complexity index is 382. The van der Waals surface area contributed by atoms with Crippen LogP contribution in [-0.4, -0.2) is 16.7 Å². The van der Waals surface area contributed by atoms with Crippen molar-refractivity contribution >= 4 is 43.6 Å². The average Bonchev–Trinajstić information content (AvgIpc) is 1.96. The maximum atomic E-state index is 11.5. The van der Waals surface area contributed by atoms with E-state index in [0.29, 0.717) is 14.9 Å². The Morgan fingerprint density at radius 3 is 2.25 bits per heavy atom. The van der Waals surface area contributed by atoms with Crippen LogP contribution < -0.4 is 5.32 Å². The summed E-state index contributed by atoms with van der Waals surface area (Å²) in [5.74, 6) is 0.